The van der Waals surface area contributed by atoms with Gasteiger partial charge in [-0.25, -0.2) is 4.79 Å². The Kier molecular flexibility index (Phi) is 6.41. The molecule has 2 N–H and O–H groups in total. The Bertz CT molecular complexity index is 744. The number of carbonyl (C=O) groups excluding carboxylic acids is 1. The van der Waals surface area contributed by atoms with Crippen molar-refractivity contribution in [1.82, 2.24) is 10.6 Å². The molecule has 1 aliphatic rings. The Morgan fingerprint density at radius 1 is 1.04 bits per heavy atom. The molecule has 144 valence electrons. The maximum atomic E-state index is 12.3. The fourth-order valence-electron chi connectivity index (χ4n) is 2.97. The highest BCUT2D eigenvalue weighted by atomic mass is 16.5. The minimum Gasteiger partial charge on any atom is -0.497 e. The van der Waals surface area contributed by atoms with Gasteiger partial charge in [0.1, 0.15) is 12.4 Å². The number of para-hydroxylation sites is 2. The fraction of sp³-hybridized carbons (Fsp3) is 0.381. The second kappa shape index (κ2) is 9.16. The van der Waals surface area contributed by atoms with Crippen molar-refractivity contribution in [2.24, 2.45) is 5.92 Å². The number of hydrogen-bond acceptors (Lipinski definition) is 4. The molecule has 6 nitrogen and oxygen atoms in total. The first kappa shape index (κ1) is 18.9. The van der Waals surface area contributed by atoms with Gasteiger partial charge in [-0.15, -0.1) is 0 Å². The molecule has 0 radical (unpaired) electrons. The highest BCUT2D eigenvalue weighted by Crippen LogP contribution is 2.41. The Hall–Kier alpha value is -2.89. The third-order valence-corrected chi connectivity index (χ3v) is 4.57. The monoisotopic (exact) mass is 370 g/mol. The number of hydrogen-bond donors (Lipinski definition) is 2. The van der Waals surface area contributed by atoms with Gasteiger partial charge in [-0.1, -0.05) is 24.3 Å². The Balaban J connectivity index is 1.47. The van der Waals surface area contributed by atoms with Crippen LogP contribution < -0.4 is 24.8 Å². The second-order valence-corrected chi connectivity index (χ2v) is 6.49. The summed E-state index contributed by atoms with van der Waals surface area (Å²) in [7, 11) is 3.25. The largest absolute Gasteiger partial charge is 0.497 e. The molecule has 1 saturated carbocycles. The van der Waals surface area contributed by atoms with Gasteiger partial charge in [-0.05, 0) is 48.6 Å². The predicted octanol–water partition coefficient (Wildman–Crippen LogP) is 3.53. The zero-order chi connectivity index (χ0) is 19.1. The van der Waals surface area contributed by atoms with E-state index < -0.39 is 0 Å². The summed E-state index contributed by atoms with van der Waals surface area (Å²) in [6.45, 7) is 0.772. The van der Waals surface area contributed by atoms with Gasteiger partial charge >= 0.3 is 6.03 Å². The van der Waals surface area contributed by atoms with E-state index in [1.165, 1.54) is 0 Å². The lowest BCUT2D eigenvalue weighted by Gasteiger charge is -2.19. The van der Waals surface area contributed by atoms with Crippen LogP contribution in [0.1, 0.15) is 24.4 Å². The van der Waals surface area contributed by atoms with Gasteiger partial charge in [0.05, 0.1) is 26.8 Å². The Morgan fingerprint density at radius 3 is 2.37 bits per heavy atom. The van der Waals surface area contributed by atoms with Crippen LogP contribution in [0.5, 0.6) is 17.2 Å². The van der Waals surface area contributed by atoms with Crippen LogP contribution >= 0.6 is 0 Å². The summed E-state index contributed by atoms with van der Waals surface area (Å²) in [5.41, 5.74) is 1.10. The van der Waals surface area contributed by atoms with Crippen LogP contribution in [-0.2, 0) is 0 Å². The molecule has 0 spiro atoms. The minimum atomic E-state index is -0.189. The number of benzene rings is 2. The third kappa shape index (κ3) is 5.29. The molecule has 0 bridgehead atoms. The van der Waals surface area contributed by atoms with Crippen LogP contribution in [0.4, 0.5) is 4.79 Å². The first-order valence-corrected chi connectivity index (χ1v) is 9.15. The zero-order valence-electron chi connectivity index (χ0n) is 15.7. The summed E-state index contributed by atoms with van der Waals surface area (Å²) < 4.78 is 16.1. The SMILES string of the molecule is COc1ccc(C(NC(=O)NCCOc2ccccc2OC)C2CC2)cc1. The van der Waals surface area contributed by atoms with Crippen LogP contribution in [0, 0.1) is 5.92 Å². The molecule has 1 atom stereocenters. The van der Waals surface area contributed by atoms with Crippen molar-refractivity contribution >= 4 is 6.03 Å². The minimum absolute atomic E-state index is 0.0195. The molecule has 2 aromatic rings. The molecule has 3 rings (SSSR count). The number of rotatable bonds is 9. The van der Waals surface area contributed by atoms with Gasteiger partial charge in [0, 0.05) is 0 Å². The summed E-state index contributed by atoms with van der Waals surface area (Å²) >= 11 is 0. The number of urea groups is 1. The molecular weight excluding hydrogens is 344 g/mol. The van der Waals surface area contributed by atoms with Gasteiger partial charge in [-0.2, -0.15) is 0 Å². The lowest BCUT2D eigenvalue weighted by molar-refractivity contribution is 0.230. The van der Waals surface area contributed by atoms with Crippen LogP contribution in [0.25, 0.3) is 0 Å². The summed E-state index contributed by atoms with van der Waals surface area (Å²) in [5, 5.41) is 5.94. The van der Waals surface area contributed by atoms with Crippen LogP contribution in [0.15, 0.2) is 48.5 Å². The van der Waals surface area contributed by atoms with E-state index in [2.05, 4.69) is 10.6 Å². The van der Waals surface area contributed by atoms with E-state index in [1.807, 2.05) is 48.5 Å². The molecule has 0 saturated heterocycles. The summed E-state index contributed by atoms with van der Waals surface area (Å²) in [5.74, 6) is 2.65. The molecule has 1 fully saturated rings. The van der Waals surface area contributed by atoms with Gasteiger partial charge in [-0.3, -0.25) is 0 Å². The molecule has 27 heavy (non-hydrogen) atoms. The van der Waals surface area contributed by atoms with Crippen molar-refractivity contribution in [2.75, 3.05) is 27.4 Å². The van der Waals surface area contributed by atoms with E-state index in [0.717, 1.165) is 24.2 Å². The number of amides is 2. The molecule has 1 aliphatic carbocycles. The zero-order valence-corrected chi connectivity index (χ0v) is 15.7. The average Bonchev–Trinajstić information content (AvgIpc) is 3.55. The maximum Gasteiger partial charge on any atom is 0.315 e. The molecule has 2 aromatic carbocycles. The van der Waals surface area contributed by atoms with Crippen molar-refractivity contribution in [2.45, 2.75) is 18.9 Å². The molecule has 1 unspecified atom stereocenters. The smallest absolute Gasteiger partial charge is 0.315 e. The lowest BCUT2D eigenvalue weighted by Crippen LogP contribution is -2.40. The Labute approximate surface area is 159 Å². The first-order chi connectivity index (χ1) is 13.2. The maximum absolute atomic E-state index is 12.3. The van der Waals surface area contributed by atoms with Gasteiger partial charge in [0.25, 0.3) is 0 Å². The average molecular weight is 370 g/mol. The fourth-order valence-corrected chi connectivity index (χ4v) is 2.97. The highest BCUT2D eigenvalue weighted by Gasteiger charge is 2.33. The number of ether oxygens (including phenoxy) is 3. The normalized spacial score (nSPS) is 14.1. The van der Waals surface area contributed by atoms with Gasteiger partial charge in [0.15, 0.2) is 11.5 Å². The quantitative estimate of drug-likeness (QED) is 0.663. The molecule has 6 heteroatoms. The second-order valence-electron chi connectivity index (χ2n) is 6.49. The van der Waals surface area contributed by atoms with Gasteiger partial charge in [0.2, 0.25) is 0 Å². The molecular formula is C21H26N2O4. The topological polar surface area (TPSA) is 68.8 Å². The summed E-state index contributed by atoms with van der Waals surface area (Å²) in [6, 6.07) is 15.1. The van der Waals surface area contributed by atoms with Crippen LogP contribution in [0.2, 0.25) is 0 Å². The first-order valence-electron chi connectivity index (χ1n) is 9.15. The molecule has 2 amide bonds. The third-order valence-electron chi connectivity index (χ3n) is 4.57. The van der Waals surface area contributed by atoms with Crippen LogP contribution in [-0.4, -0.2) is 33.4 Å². The Morgan fingerprint density at radius 2 is 1.74 bits per heavy atom. The summed E-state index contributed by atoms with van der Waals surface area (Å²) in [6.07, 6.45) is 2.27. The van der Waals surface area contributed by atoms with Crippen molar-refractivity contribution < 1.29 is 19.0 Å². The van der Waals surface area contributed by atoms with Crippen molar-refractivity contribution in [3.63, 3.8) is 0 Å². The molecule has 0 aliphatic heterocycles. The highest BCUT2D eigenvalue weighted by molar-refractivity contribution is 5.74. The number of methoxy groups -OCH3 is 2. The predicted molar refractivity (Wildman–Crippen MR) is 103 cm³/mol. The molecule has 0 heterocycles. The van der Waals surface area contributed by atoms with E-state index in [0.29, 0.717) is 30.6 Å². The summed E-state index contributed by atoms with van der Waals surface area (Å²) in [4.78, 5) is 12.3. The molecule has 0 aromatic heterocycles. The van der Waals surface area contributed by atoms with E-state index in [-0.39, 0.29) is 12.1 Å². The van der Waals surface area contributed by atoms with E-state index in [9.17, 15) is 4.79 Å². The van der Waals surface area contributed by atoms with Gasteiger partial charge < -0.3 is 24.8 Å². The van der Waals surface area contributed by atoms with Crippen LogP contribution in [0.3, 0.4) is 0 Å². The van der Waals surface area contributed by atoms with E-state index in [4.69, 9.17) is 14.2 Å². The van der Waals surface area contributed by atoms with E-state index in [1.54, 1.807) is 14.2 Å². The van der Waals surface area contributed by atoms with Crippen molar-refractivity contribution in [3.8, 4) is 17.2 Å². The lowest BCUT2D eigenvalue weighted by atomic mass is 10.0. The number of nitrogens with one attached hydrogen (secondary N) is 2. The van der Waals surface area contributed by atoms with E-state index >= 15 is 0 Å². The number of carbonyl (C=O) groups is 1. The standard InChI is InChI=1S/C21H26N2O4/c1-25-17-11-9-16(10-12-17)20(15-7-8-15)23-21(24)22-13-14-27-19-6-4-3-5-18(19)26-2/h3-6,9-12,15,20H,7-8,13-14H2,1-2H3,(H2,22,23,24). The van der Waals surface area contributed by atoms with Crippen molar-refractivity contribution in [3.05, 3.63) is 54.1 Å². The van der Waals surface area contributed by atoms with Crippen molar-refractivity contribution in [1.29, 1.82) is 0 Å².